The summed E-state index contributed by atoms with van der Waals surface area (Å²) in [6, 6.07) is 0. The van der Waals surface area contributed by atoms with E-state index < -0.39 is 5.54 Å². The number of rotatable bonds is 5. The molecule has 0 atom stereocenters. The van der Waals surface area contributed by atoms with Crippen LogP contribution in [0.15, 0.2) is 6.20 Å². The lowest BCUT2D eigenvalue weighted by atomic mass is 9.94. The molecule has 0 unspecified atom stereocenters. The summed E-state index contributed by atoms with van der Waals surface area (Å²) in [5.74, 6) is 0.00574. The molecule has 1 heterocycles. The van der Waals surface area contributed by atoms with Crippen molar-refractivity contribution < 1.29 is 4.79 Å². The van der Waals surface area contributed by atoms with E-state index in [0.29, 0.717) is 10.7 Å². The van der Waals surface area contributed by atoms with Crippen LogP contribution >= 0.6 is 11.6 Å². The third-order valence-electron chi connectivity index (χ3n) is 3.22. The van der Waals surface area contributed by atoms with Gasteiger partial charge in [0, 0.05) is 7.05 Å². The average molecular weight is 258 g/mol. The molecule has 0 spiro atoms. The quantitative estimate of drug-likeness (QED) is 0.760. The molecule has 17 heavy (non-hydrogen) atoms. The average Bonchev–Trinajstić information content (AvgIpc) is 2.59. The maximum Gasteiger partial charge on any atom is 0.201 e. The summed E-state index contributed by atoms with van der Waals surface area (Å²) in [6.07, 6.45) is 1.51. The van der Waals surface area contributed by atoms with E-state index in [1.54, 1.807) is 7.05 Å². The van der Waals surface area contributed by atoms with Crippen molar-refractivity contribution in [3.8, 4) is 0 Å². The maximum atomic E-state index is 12.5. The van der Waals surface area contributed by atoms with E-state index in [1.807, 2.05) is 27.7 Å². The van der Waals surface area contributed by atoms with Crippen molar-refractivity contribution in [2.45, 2.75) is 33.2 Å². The first kappa shape index (κ1) is 14.2. The zero-order valence-electron chi connectivity index (χ0n) is 11.1. The highest BCUT2D eigenvalue weighted by Crippen LogP contribution is 2.24. The van der Waals surface area contributed by atoms with Gasteiger partial charge in [-0.2, -0.15) is 5.10 Å². The predicted octanol–water partition coefficient (Wildman–Crippen LogP) is 2.38. The minimum Gasteiger partial charge on any atom is -0.292 e. The molecule has 4 nitrogen and oxygen atoms in total. The van der Waals surface area contributed by atoms with Gasteiger partial charge in [0.1, 0.15) is 5.69 Å². The normalized spacial score (nSPS) is 12.2. The number of aromatic nitrogens is 2. The van der Waals surface area contributed by atoms with Crippen molar-refractivity contribution in [2.75, 3.05) is 13.1 Å². The summed E-state index contributed by atoms with van der Waals surface area (Å²) in [7, 11) is 1.73. The van der Waals surface area contributed by atoms with Crippen LogP contribution in [0.25, 0.3) is 0 Å². The Balaban J connectivity index is 3.12. The van der Waals surface area contributed by atoms with Gasteiger partial charge >= 0.3 is 0 Å². The number of ketones is 1. The number of likely N-dealkylation sites (N-methyl/N-ethyl adjacent to an activating group) is 1. The maximum absolute atomic E-state index is 12.5. The van der Waals surface area contributed by atoms with E-state index in [-0.39, 0.29) is 5.78 Å². The molecule has 0 aliphatic rings. The summed E-state index contributed by atoms with van der Waals surface area (Å²) in [5.41, 5.74) is -0.0930. The topological polar surface area (TPSA) is 38.1 Å². The lowest BCUT2D eigenvalue weighted by molar-refractivity contribution is 0.0658. The fourth-order valence-electron chi connectivity index (χ4n) is 2.11. The van der Waals surface area contributed by atoms with Crippen LogP contribution in [-0.4, -0.2) is 39.1 Å². The largest absolute Gasteiger partial charge is 0.292 e. The van der Waals surface area contributed by atoms with E-state index in [1.165, 1.54) is 10.9 Å². The first-order chi connectivity index (χ1) is 7.86. The van der Waals surface area contributed by atoms with Gasteiger partial charge in [0.15, 0.2) is 0 Å². The second-order valence-electron chi connectivity index (χ2n) is 4.53. The van der Waals surface area contributed by atoms with E-state index in [4.69, 9.17) is 11.6 Å². The molecule has 0 aliphatic heterocycles. The van der Waals surface area contributed by atoms with Crippen LogP contribution in [0.1, 0.15) is 38.2 Å². The third kappa shape index (κ3) is 2.53. The molecule has 96 valence electrons. The van der Waals surface area contributed by atoms with E-state index in [0.717, 1.165) is 13.1 Å². The van der Waals surface area contributed by atoms with Crippen molar-refractivity contribution >= 4 is 17.4 Å². The van der Waals surface area contributed by atoms with Gasteiger partial charge in [-0.1, -0.05) is 25.4 Å². The Labute approximate surface area is 108 Å². The monoisotopic (exact) mass is 257 g/mol. The van der Waals surface area contributed by atoms with Crippen LogP contribution in [-0.2, 0) is 7.05 Å². The van der Waals surface area contributed by atoms with Crippen LogP contribution in [0.4, 0.5) is 0 Å². The number of nitrogens with zero attached hydrogens (tertiary/aromatic N) is 3. The van der Waals surface area contributed by atoms with Gasteiger partial charge in [-0.05, 0) is 26.9 Å². The van der Waals surface area contributed by atoms with Gasteiger partial charge < -0.3 is 0 Å². The first-order valence-electron chi connectivity index (χ1n) is 5.83. The number of hydrogen-bond acceptors (Lipinski definition) is 3. The van der Waals surface area contributed by atoms with Gasteiger partial charge in [-0.15, -0.1) is 0 Å². The Morgan fingerprint density at radius 3 is 2.35 bits per heavy atom. The van der Waals surface area contributed by atoms with Crippen molar-refractivity contribution in [3.63, 3.8) is 0 Å². The Morgan fingerprint density at radius 1 is 1.47 bits per heavy atom. The molecule has 0 bridgehead atoms. The molecule has 0 saturated heterocycles. The van der Waals surface area contributed by atoms with Gasteiger partial charge in [0.2, 0.25) is 5.78 Å². The van der Waals surface area contributed by atoms with Gasteiger partial charge in [0.25, 0.3) is 0 Å². The number of carbonyl (C=O) groups is 1. The number of aryl methyl sites for hydroxylation is 1. The molecule has 1 aromatic rings. The van der Waals surface area contributed by atoms with Crippen LogP contribution in [0.3, 0.4) is 0 Å². The molecule has 0 fully saturated rings. The Morgan fingerprint density at radius 2 is 2.00 bits per heavy atom. The molecule has 1 aromatic heterocycles. The fraction of sp³-hybridized carbons (Fsp3) is 0.667. The van der Waals surface area contributed by atoms with Gasteiger partial charge in [-0.25, -0.2) is 0 Å². The van der Waals surface area contributed by atoms with Crippen molar-refractivity contribution in [3.05, 3.63) is 16.9 Å². The van der Waals surface area contributed by atoms with Crippen LogP contribution in [0, 0.1) is 0 Å². The van der Waals surface area contributed by atoms with Crippen LogP contribution in [0.5, 0.6) is 0 Å². The lowest BCUT2D eigenvalue weighted by Gasteiger charge is -2.35. The smallest absolute Gasteiger partial charge is 0.201 e. The second kappa shape index (κ2) is 5.19. The molecule has 0 N–H and O–H groups in total. The lowest BCUT2D eigenvalue weighted by Crippen LogP contribution is -2.50. The Hall–Kier alpha value is -0.870. The molecule has 0 radical (unpaired) electrons. The highest BCUT2D eigenvalue weighted by molar-refractivity contribution is 6.34. The molecule has 0 saturated carbocycles. The number of carbonyl (C=O) groups excluding carboxylic acids is 1. The Bertz CT molecular complexity index is 388. The highest BCUT2D eigenvalue weighted by Gasteiger charge is 2.36. The zero-order chi connectivity index (χ0) is 13.2. The number of Topliss-reactive ketones (excluding diaryl/α,β-unsaturated/α-hetero) is 1. The minimum atomic E-state index is -0.569. The second-order valence-corrected chi connectivity index (χ2v) is 4.93. The van der Waals surface area contributed by atoms with E-state index in [9.17, 15) is 4.79 Å². The predicted molar refractivity (Wildman–Crippen MR) is 69.5 cm³/mol. The summed E-state index contributed by atoms with van der Waals surface area (Å²) < 4.78 is 1.54. The molecular weight excluding hydrogens is 238 g/mol. The standard InChI is InChI=1S/C12H20ClN3O/c1-6-16(7-2)12(3,4)11(17)10-9(13)8-14-15(10)5/h8H,6-7H2,1-5H3. The number of halogens is 1. The summed E-state index contributed by atoms with van der Waals surface area (Å²) in [4.78, 5) is 14.7. The molecule has 0 amide bonds. The van der Waals surface area contributed by atoms with E-state index in [2.05, 4.69) is 10.00 Å². The molecular formula is C12H20ClN3O. The first-order valence-corrected chi connectivity index (χ1v) is 6.21. The Kier molecular flexibility index (Phi) is 4.33. The summed E-state index contributed by atoms with van der Waals surface area (Å²) in [6.45, 7) is 9.58. The molecule has 0 aromatic carbocycles. The van der Waals surface area contributed by atoms with Crippen molar-refractivity contribution in [2.24, 2.45) is 7.05 Å². The van der Waals surface area contributed by atoms with E-state index >= 15 is 0 Å². The molecule has 5 heteroatoms. The third-order valence-corrected chi connectivity index (χ3v) is 3.50. The molecule has 0 aliphatic carbocycles. The molecule has 1 rings (SSSR count). The van der Waals surface area contributed by atoms with Gasteiger partial charge in [-0.3, -0.25) is 14.4 Å². The SMILES string of the molecule is CCN(CC)C(C)(C)C(=O)c1c(Cl)cnn1C. The summed E-state index contributed by atoms with van der Waals surface area (Å²) in [5, 5.41) is 4.42. The van der Waals surface area contributed by atoms with Crippen LogP contribution < -0.4 is 0 Å². The summed E-state index contributed by atoms with van der Waals surface area (Å²) >= 11 is 6.01. The number of hydrogen-bond donors (Lipinski definition) is 0. The van der Waals surface area contributed by atoms with Crippen molar-refractivity contribution in [1.29, 1.82) is 0 Å². The zero-order valence-corrected chi connectivity index (χ0v) is 11.9. The minimum absolute atomic E-state index is 0.00574. The van der Waals surface area contributed by atoms with Crippen molar-refractivity contribution in [1.82, 2.24) is 14.7 Å². The highest BCUT2D eigenvalue weighted by atomic mass is 35.5. The van der Waals surface area contributed by atoms with Gasteiger partial charge in [0.05, 0.1) is 16.8 Å². The fourth-order valence-corrected chi connectivity index (χ4v) is 2.37. The van der Waals surface area contributed by atoms with Crippen LogP contribution in [0.2, 0.25) is 5.02 Å².